The fourth-order valence-electron chi connectivity index (χ4n) is 4.07. The van der Waals surface area contributed by atoms with E-state index in [9.17, 15) is 13.2 Å². The highest BCUT2D eigenvalue weighted by Crippen LogP contribution is 2.42. The molecule has 0 bridgehead atoms. The molecular weight excluding hydrogens is 362 g/mol. The third kappa shape index (κ3) is 4.54. The van der Waals surface area contributed by atoms with E-state index < -0.39 is 15.9 Å². The SMILES string of the molecule is O=C(NCCS(=O)(=O)O)C1CCc2cc(Cl)c(C3CCCCC3)cc21. The van der Waals surface area contributed by atoms with Crippen LogP contribution < -0.4 is 5.32 Å². The van der Waals surface area contributed by atoms with Gasteiger partial charge in [-0.15, -0.1) is 0 Å². The maximum atomic E-state index is 12.4. The topological polar surface area (TPSA) is 83.5 Å². The lowest BCUT2D eigenvalue weighted by Crippen LogP contribution is -2.32. The van der Waals surface area contributed by atoms with E-state index in [1.807, 2.05) is 6.07 Å². The number of benzene rings is 1. The van der Waals surface area contributed by atoms with Crippen molar-refractivity contribution < 1.29 is 17.8 Å². The van der Waals surface area contributed by atoms with Gasteiger partial charge in [0.05, 0.1) is 11.7 Å². The van der Waals surface area contributed by atoms with Crippen molar-refractivity contribution in [2.45, 2.75) is 56.8 Å². The van der Waals surface area contributed by atoms with E-state index in [4.69, 9.17) is 16.2 Å². The van der Waals surface area contributed by atoms with Crippen molar-refractivity contribution in [3.05, 3.63) is 33.8 Å². The Morgan fingerprint density at radius 3 is 2.56 bits per heavy atom. The molecule has 1 unspecified atom stereocenters. The van der Waals surface area contributed by atoms with E-state index in [0.29, 0.717) is 12.3 Å². The molecule has 1 aromatic rings. The third-order valence-corrected chi connectivity index (χ3v) is 6.40. The Kier molecular flexibility index (Phi) is 5.71. The second-order valence-corrected chi connectivity index (χ2v) is 9.06. The Hall–Kier alpha value is -1.11. The minimum absolute atomic E-state index is 0.0768. The van der Waals surface area contributed by atoms with Crippen LogP contribution in [0.5, 0.6) is 0 Å². The zero-order valence-corrected chi connectivity index (χ0v) is 15.7. The van der Waals surface area contributed by atoms with Crippen molar-refractivity contribution in [2.75, 3.05) is 12.3 Å². The van der Waals surface area contributed by atoms with Crippen molar-refractivity contribution >= 4 is 27.6 Å². The lowest BCUT2D eigenvalue weighted by molar-refractivity contribution is -0.122. The van der Waals surface area contributed by atoms with Crippen LogP contribution in [0.4, 0.5) is 0 Å². The second kappa shape index (κ2) is 7.64. The average Bonchev–Trinajstić information content (AvgIpc) is 2.96. The lowest BCUT2D eigenvalue weighted by Gasteiger charge is -2.24. The zero-order valence-electron chi connectivity index (χ0n) is 14.1. The van der Waals surface area contributed by atoms with Gasteiger partial charge in [0.15, 0.2) is 0 Å². The summed E-state index contributed by atoms with van der Waals surface area (Å²) in [5, 5.41) is 3.43. The Bertz CT molecular complexity index is 757. The minimum Gasteiger partial charge on any atom is -0.354 e. The van der Waals surface area contributed by atoms with Crippen molar-refractivity contribution in [3.8, 4) is 0 Å². The van der Waals surface area contributed by atoms with Crippen molar-refractivity contribution in [1.82, 2.24) is 5.32 Å². The molecule has 1 aromatic carbocycles. The Labute approximate surface area is 153 Å². The first-order valence-electron chi connectivity index (χ1n) is 8.90. The van der Waals surface area contributed by atoms with Crippen LogP contribution in [0.25, 0.3) is 0 Å². The quantitative estimate of drug-likeness (QED) is 0.760. The summed E-state index contributed by atoms with van der Waals surface area (Å²) < 4.78 is 30.3. The molecule has 0 saturated heterocycles. The summed E-state index contributed by atoms with van der Waals surface area (Å²) in [6, 6.07) is 4.11. The van der Waals surface area contributed by atoms with E-state index in [2.05, 4.69) is 11.4 Å². The summed E-state index contributed by atoms with van der Waals surface area (Å²) in [7, 11) is -4.06. The van der Waals surface area contributed by atoms with Crippen LogP contribution in [0, 0.1) is 0 Å². The van der Waals surface area contributed by atoms with Crippen molar-refractivity contribution in [1.29, 1.82) is 0 Å². The fraction of sp³-hybridized carbons (Fsp3) is 0.611. The number of nitrogens with one attached hydrogen (secondary N) is 1. The van der Waals surface area contributed by atoms with Gasteiger partial charge in [-0.3, -0.25) is 9.35 Å². The predicted octanol–water partition coefficient (Wildman–Crippen LogP) is 3.42. The summed E-state index contributed by atoms with van der Waals surface area (Å²) in [4.78, 5) is 12.4. The van der Waals surface area contributed by atoms with Crippen LogP contribution in [0.1, 0.15) is 67.1 Å². The van der Waals surface area contributed by atoms with Crippen LogP contribution in [0.15, 0.2) is 12.1 Å². The number of hydrogen-bond donors (Lipinski definition) is 2. The standard InChI is InChI=1S/C18H24ClNO4S/c19-17-10-13-6-7-14(18(21)20-8-9-25(22,23)24)15(13)11-16(17)12-4-2-1-3-5-12/h10-12,14H,1-9H2,(H,20,21)(H,22,23,24). The predicted molar refractivity (Wildman–Crippen MR) is 97.8 cm³/mol. The monoisotopic (exact) mass is 385 g/mol. The number of carbonyl (C=O) groups excluding carboxylic acids is 1. The normalized spacial score (nSPS) is 21.1. The molecule has 7 heteroatoms. The van der Waals surface area contributed by atoms with Gasteiger partial charge in [-0.1, -0.05) is 36.9 Å². The molecule has 0 aliphatic heterocycles. The highest BCUT2D eigenvalue weighted by atomic mass is 35.5. The Balaban J connectivity index is 1.75. The van der Waals surface area contributed by atoms with Gasteiger partial charge < -0.3 is 5.32 Å². The van der Waals surface area contributed by atoms with Crippen LogP contribution in [-0.2, 0) is 21.3 Å². The second-order valence-electron chi connectivity index (χ2n) is 7.08. The molecule has 2 aliphatic rings. The molecule has 1 amide bonds. The maximum Gasteiger partial charge on any atom is 0.266 e. The number of aryl methyl sites for hydroxylation is 1. The smallest absolute Gasteiger partial charge is 0.266 e. The van der Waals surface area contributed by atoms with Crippen LogP contribution in [0.3, 0.4) is 0 Å². The number of hydrogen-bond acceptors (Lipinski definition) is 3. The number of carbonyl (C=O) groups is 1. The summed E-state index contributed by atoms with van der Waals surface area (Å²) in [5.74, 6) is -0.447. The number of fused-ring (bicyclic) bond motifs is 1. The molecule has 0 radical (unpaired) electrons. The van der Waals surface area contributed by atoms with Gasteiger partial charge in [0.25, 0.3) is 10.1 Å². The molecule has 1 saturated carbocycles. The molecule has 1 atom stereocenters. The molecule has 5 nitrogen and oxygen atoms in total. The van der Waals surface area contributed by atoms with Crippen LogP contribution in [0.2, 0.25) is 5.02 Å². The summed E-state index contributed by atoms with van der Waals surface area (Å²) in [5.41, 5.74) is 3.28. The van der Waals surface area contributed by atoms with E-state index in [1.165, 1.54) is 19.3 Å². The van der Waals surface area contributed by atoms with E-state index in [0.717, 1.165) is 41.0 Å². The number of halogens is 1. The highest BCUT2D eigenvalue weighted by Gasteiger charge is 2.31. The lowest BCUT2D eigenvalue weighted by atomic mass is 9.82. The van der Waals surface area contributed by atoms with Crippen LogP contribution >= 0.6 is 11.6 Å². The maximum absolute atomic E-state index is 12.4. The average molecular weight is 386 g/mol. The Morgan fingerprint density at radius 2 is 1.88 bits per heavy atom. The molecule has 2 aliphatic carbocycles. The number of amides is 1. The molecule has 25 heavy (non-hydrogen) atoms. The molecule has 0 heterocycles. The fourth-order valence-corrected chi connectivity index (χ4v) is 4.77. The largest absolute Gasteiger partial charge is 0.354 e. The van der Waals surface area contributed by atoms with Crippen LogP contribution in [-0.4, -0.2) is 31.2 Å². The Morgan fingerprint density at radius 1 is 1.16 bits per heavy atom. The van der Waals surface area contributed by atoms with E-state index >= 15 is 0 Å². The molecule has 1 fully saturated rings. The zero-order chi connectivity index (χ0) is 18.0. The van der Waals surface area contributed by atoms with E-state index in [-0.39, 0.29) is 18.4 Å². The molecule has 2 N–H and O–H groups in total. The third-order valence-electron chi connectivity index (χ3n) is 5.36. The minimum atomic E-state index is -4.06. The highest BCUT2D eigenvalue weighted by molar-refractivity contribution is 7.85. The van der Waals surface area contributed by atoms with Gasteiger partial charge >= 0.3 is 0 Å². The first-order chi connectivity index (χ1) is 11.8. The van der Waals surface area contributed by atoms with Crippen molar-refractivity contribution in [2.24, 2.45) is 0 Å². The van der Waals surface area contributed by atoms with Gasteiger partial charge in [0.1, 0.15) is 0 Å². The molecule has 138 valence electrons. The van der Waals surface area contributed by atoms with Gasteiger partial charge in [0.2, 0.25) is 5.91 Å². The van der Waals surface area contributed by atoms with Gasteiger partial charge in [-0.2, -0.15) is 8.42 Å². The number of rotatable bonds is 5. The van der Waals surface area contributed by atoms with Gasteiger partial charge in [-0.05, 0) is 54.4 Å². The van der Waals surface area contributed by atoms with E-state index in [1.54, 1.807) is 0 Å². The summed E-state index contributed by atoms with van der Waals surface area (Å²) in [6.07, 6.45) is 7.51. The molecule has 0 spiro atoms. The first kappa shape index (κ1) is 18.7. The first-order valence-corrected chi connectivity index (χ1v) is 10.9. The summed E-state index contributed by atoms with van der Waals surface area (Å²) in [6.45, 7) is -0.0768. The van der Waals surface area contributed by atoms with Gasteiger partial charge in [0, 0.05) is 11.6 Å². The molecule has 0 aromatic heterocycles. The van der Waals surface area contributed by atoms with Gasteiger partial charge in [-0.25, -0.2) is 0 Å². The molecule has 3 rings (SSSR count). The van der Waals surface area contributed by atoms with Crippen molar-refractivity contribution in [3.63, 3.8) is 0 Å². The molecular formula is C18H24ClNO4S. The summed E-state index contributed by atoms with van der Waals surface area (Å²) >= 11 is 6.51.